The third-order valence-corrected chi connectivity index (χ3v) is 6.55. The normalized spacial score (nSPS) is 25.9. The van der Waals surface area contributed by atoms with Crippen molar-refractivity contribution in [2.24, 2.45) is 5.41 Å². The van der Waals surface area contributed by atoms with E-state index < -0.39 is 9.28 Å². The van der Waals surface area contributed by atoms with Gasteiger partial charge in [-0.3, -0.25) is 0 Å². The molecular formula is C11H24O2Si. The number of rotatable bonds is 5. The van der Waals surface area contributed by atoms with Gasteiger partial charge in [-0.05, 0) is 32.1 Å². The highest BCUT2D eigenvalue weighted by Gasteiger charge is 2.42. The van der Waals surface area contributed by atoms with E-state index in [-0.39, 0.29) is 0 Å². The Kier molecular flexibility index (Phi) is 4.61. The highest BCUT2D eigenvalue weighted by atomic mass is 28.3. The summed E-state index contributed by atoms with van der Waals surface area (Å²) in [6.45, 7) is 10.5. The third-order valence-electron chi connectivity index (χ3n) is 3.33. The molecule has 1 saturated carbocycles. The van der Waals surface area contributed by atoms with Gasteiger partial charge < -0.3 is 8.85 Å². The van der Waals surface area contributed by atoms with Gasteiger partial charge in [0, 0.05) is 18.8 Å². The smallest absolute Gasteiger partial charge is 0.325 e. The first kappa shape index (κ1) is 12.2. The molecule has 0 bridgehead atoms. The van der Waals surface area contributed by atoms with E-state index >= 15 is 0 Å². The van der Waals surface area contributed by atoms with Gasteiger partial charge in [0.15, 0.2) is 0 Å². The average Bonchev–Trinajstić information content (AvgIpc) is 2.45. The summed E-state index contributed by atoms with van der Waals surface area (Å²) >= 11 is 0. The Hall–Kier alpha value is 0.137. The van der Waals surface area contributed by atoms with Crippen LogP contribution in [0, 0.1) is 5.41 Å². The predicted octanol–water partition coefficient (Wildman–Crippen LogP) is 2.86. The summed E-state index contributed by atoms with van der Waals surface area (Å²) in [6.07, 6.45) is 3.99. The van der Waals surface area contributed by atoms with E-state index in [1.54, 1.807) is 0 Å². The second kappa shape index (κ2) is 5.28. The summed E-state index contributed by atoms with van der Waals surface area (Å²) in [6, 6.07) is 0. The molecule has 0 aliphatic heterocycles. The van der Waals surface area contributed by atoms with E-state index in [9.17, 15) is 0 Å². The van der Waals surface area contributed by atoms with Crippen molar-refractivity contribution in [3.8, 4) is 0 Å². The third kappa shape index (κ3) is 2.81. The minimum Gasteiger partial charge on any atom is -0.397 e. The molecule has 1 rings (SSSR count). The summed E-state index contributed by atoms with van der Waals surface area (Å²) in [5.41, 5.74) is 1.16. The van der Waals surface area contributed by atoms with Crippen molar-refractivity contribution in [2.75, 3.05) is 13.2 Å². The van der Waals surface area contributed by atoms with Gasteiger partial charge in [-0.15, -0.1) is 0 Å². The van der Waals surface area contributed by atoms with Crippen LogP contribution in [0.4, 0.5) is 0 Å². The lowest BCUT2D eigenvalue weighted by Gasteiger charge is -2.31. The molecule has 0 saturated heterocycles. The minimum atomic E-state index is -1.41. The minimum absolute atomic E-state index is 0.446. The number of hydrogen-bond acceptors (Lipinski definition) is 2. The lowest BCUT2D eigenvalue weighted by molar-refractivity contribution is 0.184. The maximum absolute atomic E-state index is 5.82. The van der Waals surface area contributed by atoms with E-state index in [4.69, 9.17) is 8.85 Å². The van der Waals surface area contributed by atoms with Crippen LogP contribution in [0.5, 0.6) is 0 Å². The Bertz CT molecular complexity index is 165. The molecule has 0 radical (unpaired) electrons. The molecule has 2 nitrogen and oxygen atoms in total. The molecule has 1 aliphatic carbocycles. The summed E-state index contributed by atoms with van der Waals surface area (Å²) in [4.78, 5) is 0. The predicted molar refractivity (Wildman–Crippen MR) is 61.8 cm³/mol. The van der Waals surface area contributed by atoms with Gasteiger partial charge in [0.1, 0.15) is 0 Å². The Labute approximate surface area is 89.8 Å². The first-order valence-electron chi connectivity index (χ1n) is 5.85. The van der Waals surface area contributed by atoms with Crippen LogP contribution in [0.15, 0.2) is 0 Å². The van der Waals surface area contributed by atoms with Gasteiger partial charge in [-0.25, -0.2) is 0 Å². The van der Waals surface area contributed by atoms with E-state index in [0.29, 0.717) is 11.0 Å². The zero-order chi connectivity index (χ0) is 10.6. The zero-order valence-corrected chi connectivity index (χ0v) is 11.2. The molecule has 0 aromatic carbocycles. The molecule has 0 N–H and O–H groups in total. The second-order valence-electron chi connectivity index (χ2n) is 4.77. The molecule has 1 unspecified atom stereocenters. The van der Waals surface area contributed by atoms with Crippen molar-refractivity contribution in [3.63, 3.8) is 0 Å². The molecular weight excluding hydrogens is 192 g/mol. The monoisotopic (exact) mass is 216 g/mol. The lowest BCUT2D eigenvalue weighted by atomic mass is 9.91. The highest BCUT2D eigenvalue weighted by molar-refractivity contribution is 6.46. The van der Waals surface area contributed by atoms with Crippen LogP contribution in [-0.2, 0) is 8.85 Å². The quantitative estimate of drug-likeness (QED) is 0.658. The molecule has 0 spiro atoms. The van der Waals surface area contributed by atoms with Gasteiger partial charge in [0.05, 0.1) is 0 Å². The molecule has 1 fully saturated rings. The highest BCUT2D eigenvalue weighted by Crippen LogP contribution is 2.48. The number of hydrogen-bond donors (Lipinski definition) is 0. The molecule has 1 atom stereocenters. The molecule has 84 valence electrons. The van der Waals surface area contributed by atoms with Crippen LogP contribution in [0.1, 0.15) is 47.0 Å². The van der Waals surface area contributed by atoms with Gasteiger partial charge >= 0.3 is 9.28 Å². The molecule has 0 heterocycles. The van der Waals surface area contributed by atoms with E-state index in [1.165, 1.54) is 19.3 Å². The largest absolute Gasteiger partial charge is 0.397 e. The lowest BCUT2D eigenvalue weighted by Crippen LogP contribution is -2.34. The van der Waals surface area contributed by atoms with Crippen LogP contribution in [-0.4, -0.2) is 22.5 Å². The standard InChI is InChI=1S/C11H24O2Si/c1-5-12-14(13-6-2)10-8-7-9-11(10,3)4/h10,14H,5-9H2,1-4H3. The van der Waals surface area contributed by atoms with Crippen LogP contribution in [0.3, 0.4) is 0 Å². The van der Waals surface area contributed by atoms with E-state index in [2.05, 4.69) is 27.7 Å². The van der Waals surface area contributed by atoms with Gasteiger partial charge in [0.25, 0.3) is 0 Å². The molecule has 14 heavy (non-hydrogen) atoms. The van der Waals surface area contributed by atoms with Crippen molar-refractivity contribution < 1.29 is 8.85 Å². The van der Waals surface area contributed by atoms with Crippen LogP contribution >= 0.6 is 0 Å². The Morgan fingerprint density at radius 1 is 1.21 bits per heavy atom. The summed E-state index contributed by atoms with van der Waals surface area (Å²) in [5, 5.41) is 0. The van der Waals surface area contributed by atoms with Gasteiger partial charge in [-0.2, -0.15) is 0 Å². The van der Waals surface area contributed by atoms with E-state index in [1.807, 2.05) is 0 Å². The maximum atomic E-state index is 5.82. The van der Waals surface area contributed by atoms with Crippen LogP contribution in [0.25, 0.3) is 0 Å². The summed E-state index contributed by atoms with van der Waals surface area (Å²) in [5.74, 6) is 0. The first-order valence-corrected chi connectivity index (χ1v) is 7.46. The zero-order valence-electron chi connectivity index (χ0n) is 10.0. The molecule has 1 aliphatic rings. The Balaban J connectivity index is 2.57. The van der Waals surface area contributed by atoms with Crippen molar-refractivity contribution in [1.82, 2.24) is 0 Å². The summed E-state index contributed by atoms with van der Waals surface area (Å²) < 4.78 is 11.6. The SMILES string of the molecule is CCO[SiH](OCC)C1CCCC1(C)C. The Morgan fingerprint density at radius 3 is 2.14 bits per heavy atom. The van der Waals surface area contributed by atoms with E-state index in [0.717, 1.165) is 13.2 Å². The average molecular weight is 216 g/mol. The van der Waals surface area contributed by atoms with Crippen molar-refractivity contribution in [3.05, 3.63) is 0 Å². The summed E-state index contributed by atoms with van der Waals surface area (Å²) in [7, 11) is -1.41. The maximum Gasteiger partial charge on any atom is 0.325 e. The van der Waals surface area contributed by atoms with Crippen molar-refractivity contribution in [1.29, 1.82) is 0 Å². The van der Waals surface area contributed by atoms with Gasteiger partial charge in [-0.1, -0.05) is 20.3 Å². The first-order chi connectivity index (χ1) is 6.61. The topological polar surface area (TPSA) is 18.5 Å². The van der Waals surface area contributed by atoms with Crippen molar-refractivity contribution in [2.45, 2.75) is 52.5 Å². The molecule has 0 amide bonds. The fourth-order valence-corrected chi connectivity index (χ4v) is 5.10. The molecule has 0 aromatic rings. The van der Waals surface area contributed by atoms with Crippen molar-refractivity contribution >= 4 is 9.28 Å². The van der Waals surface area contributed by atoms with Gasteiger partial charge in [0.2, 0.25) is 0 Å². The second-order valence-corrected chi connectivity index (χ2v) is 6.97. The molecule has 3 heteroatoms. The fourth-order valence-electron chi connectivity index (χ4n) is 2.47. The van der Waals surface area contributed by atoms with Crippen LogP contribution in [0.2, 0.25) is 5.54 Å². The Morgan fingerprint density at radius 2 is 1.79 bits per heavy atom. The fraction of sp³-hybridized carbons (Fsp3) is 1.00. The van der Waals surface area contributed by atoms with Crippen LogP contribution < -0.4 is 0 Å². The molecule has 0 aromatic heterocycles.